The molecule has 3 aromatic heterocycles. The standard InChI is InChI=1S/C26H26FN5O2S/c27-18-8-2-1-7-17(18)25-30-20-13-29-19(23-9-4-10-34-23)12-22(20)32(25)16-6-3-5-15(11-16)21-14-35-26(31-21)24(28)33/h1-2,7-8,12-16,23H,3-6,9-11H2,(H2,28,33)/t15-,16+,23?/m0/s1. The van der Waals surface area contributed by atoms with Gasteiger partial charge >= 0.3 is 0 Å². The number of halogens is 1. The van der Waals surface area contributed by atoms with E-state index >= 15 is 0 Å². The van der Waals surface area contributed by atoms with Crippen molar-refractivity contribution in [1.29, 1.82) is 0 Å². The monoisotopic (exact) mass is 491 g/mol. The van der Waals surface area contributed by atoms with Crippen molar-refractivity contribution in [1.82, 2.24) is 19.5 Å². The topological polar surface area (TPSA) is 95.9 Å². The van der Waals surface area contributed by atoms with Crippen molar-refractivity contribution < 1.29 is 13.9 Å². The van der Waals surface area contributed by atoms with Crippen LogP contribution in [0.1, 0.15) is 77.8 Å². The summed E-state index contributed by atoms with van der Waals surface area (Å²) in [7, 11) is 0. The Balaban J connectivity index is 1.45. The number of pyridine rings is 1. The van der Waals surface area contributed by atoms with E-state index in [1.807, 2.05) is 11.4 Å². The molecule has 180 valence electrons. The lowest BCUT2D eigenvalue weighted by Gasteiger charge is -2.31. The molecule has 9 heteroatoms. The van der Waals surface area contributed by atoms with Crippen LogP contribution in [0.2, 0.25) is 0 Å². The number of aromatic nitrogens is 4. The lowest BCUT2D eigenvalue weighted by Crippen LogP contribution is -2.20. The SMILES string of the molecule is NC(=O)c1nc([C@H]2CCC[C@@H](n3c(-c4ccccc4F)nc4cnc(C5CCCO5)cc43)C2)cs1. The van der Waals surface area contributed by atoms with Crippen LogP contribution in [0.4, 0.5) is 4.39 Å². The summed E-state index contributed by atoms with van der Waals surface area (Å²) in [6, 6.07) is 8.95. The number of imidazole rings is 1. The molecular formula is C26H26FN5O2S. The maximum atomic E-state index is 15.0. The smallest absolute Gasteiger partial charge is 0.277 e. The lowest BCUT2D eigenvalue weighted by molar-refractivity contribution is 0.0999. The van der Waals surface area contributed by atoms with E-state index in [1.165, 1.54) is 17.4 Å². The second-order valence-corrected chi connectivity index (χ2v) is 10.2. The van der Waals surface area contributed by atoms with E-state index in [0.29, 0.717) is 16.4 Å². The number of carbonyl (C=O) groups is 1. The summed E-state index contributed by atoms with van der Waals surface area (Å²) >= 11 is 1.29. The number of hydrogen-bond donors (Lipinski definition) is 1. The molecule has 4 aromatic rings. The molecule has 6 rings (SSSR count). The Hall–Kier alpha value is -3.17. The number of rotatable bonds is 5. The Labute approximate surface area is 206 Å². The van der Waals surface area contributed by atoms with E-state index < -0.39 is 5.91 Å². The molecule has 2 fully saturated rings. The molecule has 4 heterocycles. The molecule has 0 radical (unpaired) electrons. The van der Waals surface area contributed by atoms with Crippen LogP contribution in [0.3, 0.4) is 0 Å². The van der Waals surface area contributed by atoms with Gasteiger partial charge in [-0.25, -0.2) is 14.4 Å². The van der Waals surface area contributed by atoms with Gasteiger partial charge < -0.3 is 15.0 Å². The largest absolute Gasteiger partial charge is 0.372 e. The highest BCUT2D eigenvalue weighted by atomic mass is 32.1. The fourth-order valence-electron chi connectivity index (χ4n) is 5.46. The third-order valence-corrected chi connectivity index (χ3v) is 8.01. The number of carbonyl (C=O) groups excluding carboxylic acids is 1. The van der Waals surface area contributed by atoms with E-state index in [4.69, 9.17) is 15.5 Å². The third-order valence-electron chi connectivity index (χ3n) is 7.13. The molecule has 0 bridgehead atoms. The summed E-state index contributed by atoms with van der Waals surface area (Å²) in [5, 5.41) is 2.28. The van der Waals surface area contributed by atoms with Crippen LogP contribution in [0.15, 0.2) is 41.9 Å². The van der Waals surface area contributed by atoms with Gasteiger partial charge in [-0.2, -0.15) is 0 Å². The first-order valence-corrected chi connectivity index (χ1v) is 13.0. The van der Waals surface area contributed by atoms with Gasteiger partial charge in [0.05, 0.1) is 34.8 Å². The van der Waals surface area contributed by atoms with E-state index in [0.717, 1.165) is 67.6 Å². The average Bonchev–Trinajstić information content (AvgIpc) is 3.64. The molecule has 1 aliphatic carbocycles. The highest BCUT2D eigenvalue weighted by molar-refractivity contribution is 7.11. The molecule has 1 saturated heterocycles. The van der Waals surface area contributed by atoms with Crippen LogP contribution in [0.5, 0.6) is 0 Å². The molecule has 35 heavy (non-hydrogen) atoms. The number of primary amides is 1. The van der Waals surface area contributed by atoms with E-state index in [2.05, 4.69) is 20.6 Å². The van der Waals surface area contributed by atoms with Crippen LogP contribution < -0.4 is 5.73 Å². The minimum absolute atomic E-state index is 0.0130. The third kappa shape index (κ3) is 4.12. The van der Waals surface area contributed by atoms with Gasteiger partial charge in [0.1, 0.15) is 17.2 Å². The number of nitrogens with two attached hydrogens (primary N) is 1. The number of amides is 1. The van der Waals surface area contributed by atoms with Crippen molar-refractivity contribution in [3.8, 4) is 11.4 Å². The van der Waals surface area contributed by atoms with Gasteiger partial charge in [-0.3, -0.25) is 9.78 Å². The Morgan fingerprint density at radius 3 is 2.80 bits per heavy atom. The first-order chi connectivity index (χ1) is 17.1. The van der Waals surface area contributed by atoms with Gasteiger partial charge in [0.2, 0.25) is 0 Å². The molecule has 7 nitrogen and oxygen atoms in total. The van der Waals surface area contributed by atoms with Crippen LogP contribution >= 0.6 is 11.3 Å². The molecule has 1 aliphatic heterocycles. The van der Waals surface area contributed by atoms with E-state index in [9.17, 15) is 9.18 Å². The number of nitrogens with zero attached hydrogens (tertiary/aromatic N) is 4. The number of thiazole rings is 1. The zero-order chi connectivity index (χ0) is 23.9. The quantitative estimate of drug-likeness (QED) is 0.395. The maximum Gasteiger partial charge on any atom is 0.277 e. The average molecular weight is 492 g/mol. The number of benzene rings is 1. The van der Waals surface area contributed by atoms with Crippen LogP contribution in [0, 0.1) is 5.82 Å². The van der Waals surface area contributed by atoms with Gasteiger partial charge in [0.15, 0.2) is 5.01 Å². The fraction of sp³-hybridized carbons (Fsp3) is 0.385. The molecular weight excluding hydrogens is 465 g/mol. The first kappa shape index (κ1) is 22.3. The number of hydrogen-bond acceptors (Lipinski definition) is 6. The predicted octanol–water partition coefficient (Wildman–Crippen LogP) is 5.54. The molecule has 1 aromatic carbocycles. The first-order valence-electron chi connectivity index (χ1n) is 12.1. The minimum Gasteiger partial charge on any atom is -0.372 e. The summed E-state index contributed by atoms with van der Waals surface area (Å²) in [5.74, 6) is 0.0224. The maximum absolute atomic E-state index is 15.0. The summed E-state index contributed by atoms with van der Waals surface area (Å²) in [5.41, 5.74) is 9.42. The number of ether oxygens (including phenoxy) is 1. The second-order valence-electron chi connectivity index (χ2n) is 9.34. The van der Waals surface area contributed by atoms with E-state index in [-0.39, 0.29) is 23.9 Å². The Morgan fingerprint density at radius 1 is 1.14 bits per heavy atom. The molecule has 3 atom stereocenters. The highest BCUT2D eigenvalue weighted by Crippen LogP contribution is 2.43. The van der Waals surface area contributed by atoms with Gasteiger partial charge in [0.25, 0.3) is 5.91 Å². The zero-order valence-corrected chi connectivity index (χ0v) is 20.0. The molecule has 1 unspecified atom stereocenters. The van der Waals surface area contributed by atoms with Crippen LogP contribution in [-0.4, -0.2) is 32.0 Å². The fourth-order valence-corrected chi connectivity index (χ4v) is 6.21. The highest BCUT2D eigenvalue weighted by Gasteiger charge is 2.31. The zero-order valence-electron chi connectivity index (χ0n) is 19.2. The van der Waals surface area contributed by atoms with Crippen molar-refractivity contribution >= 4 is 28.3 Å². The molecule has 0 spiro atoms. The molecule has 1 amide bonds. The number of fused-ring (bicyclic) bond motifs is 1. The van der Waals surface area contributed by atoms with Crippen molar-refractivity contribution in [3.63, 3.8) is 0 Å². The van der Waals surface area contributed by atoms with Gasteiger partial charge in [-0.05, 0) is 50.3 Å². The van der Waals surface area contributed by atoms with Crippen molar-refractivity contribution in [2.24, 2.45) is 5.73 Å². The summed E-state index contributed by atoms with van der Waals surface area (Å²) in [4.78, 5) is 25.6. The van der Waals surface area contributed by atoms with Crippen LogP contribution in [0.25, 0.3) is 22.4 Å². The predicted molar refractivity (Wildman–Crippen MR) is 132 cm³/mol. The van der Waals surface area contributed by atoms with Crippen molar-refractivity contribution in [2.75, 3.05) is 6.61 Å². The van der Waals surface area contributed by atoms with Gasteiger partial charge in [0, 0.05) is 23.9 Å². The Bertz CT molecular complexity index is 1390. The molecule has 2 N–H and O–H groups in total. The lowest BCUT2D eigenvalue weighted by atomic mass is 9.83. The molecule has 2 aliphatic rings. The van der Waals surface area contributed by atoms with E-state index in [1.54, 1.807) is 18.3 Å². The van der Waals surface area contributed by atoms with Gasteiger partial charge in [-0.15, -0.1) is 11.3 Å². The second kappa shape index (κ2) is 9.13. The normalized spacial score (nSPS) is 22.6. The Morgan fingerprint density at radius 2 is 2.03 bits per heavy atom. The summed E-state index contributed by atoms with van der Waals surface area (Å²) in [6.45, 7) is 0.745. The molecule has 1 saturated carbocycles. The van der Waals surface area contributed by atoms with Crippen molar-refractivity contribution in [2.45, 2.75) is 56.6 Å². The minimum atomic E-state index is -0.495. The van der Waals surface area contributed by atoms with Gasteiger partial charge in [-0.1, -0.05) is 18.6 Å². The van der Waals surface area contributed by atoms with Crippen LogP contribution in [-0.2, 0) is 4.74 Å². The van der Waals surface area contributed by atoms with Crippen molar-refractivity contribution in [3.05, 3.63) is 64.1 Å². The summed E-state index contributed by atoms with van der Waals surface area (Å²) in [6.07, 6.45) is 7.51. The Kier molecular flexibility index (Phi) is 5.82. The summed E-state index contributed by atoms with van der Waals surface area (Å²) < 4.78 is 23.0.